The van der Waals surface area contributed by atoms with Gasteiger partial charge in [0.15, 0.2) is 5.11 Å². The van der Waals surface area contributed by atoms with Crippen LogP contribution in [-0.2, 0) is 0 Å². The van der Waals surface area contributed by atoms with Crippen LogP contribution in [0.15, 0.2) is 47.4 Å². The van der Waals surface area contributed by atoms with E-state index in [2.05, 4.69) is 33.0 Å². The second-order valence-electron chi connectivity index (χ2n) is 4.71. The zero-order chi connectivity index (χ0) is 14.5. The number of allylic oxidation sites excluding steroid dienone is 3. The molecule has 0 saturated heterocycles. The predicted molar refractivity (Wildman–Crippen MR) is 86.2 cm³/mol. The molecule has 108 valence electrons. The molecule has 0 saturated carbocycles. The van der Waals surface area contributed by atoms with Crippen molar-refractivity contribution in [1.82, 2.24) is 15.7 Å². The highest BCUT2D eigenvalue weighted by Gasteiger charge is 2.17. The molecule has 2 aliphatic rings. The third kappa shape index (κ3) is 3.46. The zero-order valence-corrected chi connectivity index (χ0v) is 12.3. The van der Waals surface area contributed by atoms with Crippen molar-refractivity contribution in [3.63, 3.8) is 0 Å². The van der Waals surface area contributed by atoms with Gasteiger partial charge >= 0.3 is 0 Å². The Morgan fingerprint density at radius 1 is 1.38 bits per heavy atom. The van der Waals surface area contributed by atoms with E-state index < -0.39 is 0 Å². The number of ether oxygens (including phenoxy) is 1. The van der Waals surface area contributed by atoms with Crippen LogP contribution in [0.2, 0.25) is 0 Å². The number of thiocarbonyl (C=S) groups is 1. The second kappa shape index (κ2) is 6.49. The fraction of sp³-hybridized carbons (Fsp3) is 0.267. The van der Waals surface area contributed by atoms with Crippen molar-refractivity contribution in [2.75, 3.05) is 6.61 Å². The molecule has 0 amide bonds. The lowest BCUT2D eigenvalue weighted by molar-refractivity contribution is 0.318. The normalized spacial score (nSPS) is 18.5. The zero-order valence-electron chi connectivity index (χ0n) is 11.5. The summed E-state index contributed by atoms with van der Waals surface area (Å²) in [5.74, 6) is 0.765. The van der Waals surface area contributed by atoms with Crippen LogP contribution in [-0.4, -0.2) is 22.4 Å². The van der Waals surface area contributed by atoms with Crippen molar-refractivity contribution in [2.24, 2.45) is 5.10 Å². The molecular formula is C15H16N4OS. The first-order valence-electron chi connectivity index (χ1n) is 6.91. The van der Waals surface area contributed by atoms with E-state index in [0.29, 0.717) is 18.1 Å². The molecule has 2 heterocycles. The highest BCUT2D eigenvalue weighted by molar-refractivity contribution is 7.80. The Labute approximate surface area is 128 Å². The summed E-state index contributed by atoms with van der Waals surface area (Å²) in [6.45, 7) is 0.604. The first kappa shape index (κ1) is 13.8. The fourth-order valence-electron chi connectivity index (χ4n) is 2.19. The van der Waals surface area contributed by atoms with E-state index in [4.69, 9.17) is 17.0 Å². The van der Waals surface area contributed by atoms with Crippen molar-refractivity contribution in [3.8, 4) is 5.75 Å². The predicted octanol–water partition coefficient (Wildman–Crippen LogP) is 2.27. The maximum atomic E-state index is 5.54. The van der Waals surface area contributed by atoms with Gasteiger partial charge < -0.3 is 10.1 Å². The minimum Gasteiger partial charge on any atom is -0.491 e. The van der Waals surface area contributed by atoms with Gasteiger partial charge in [-0.3, -0.25) is 10.4 Å². The largest absolute Gasteiger partial charge is 0.491 e. The van der Waals surface area contributed by atoms with Crippen molar-refractivity contribution in [1.29, 1.82) is 0 Å². The molecular weight excluding hydrogens is 284 g/mol. The monoisotopic (exact) mass is 300 g/mol. The smallest absolute Gasteiger partial charge is 0.191 e. The number of hydrogen-bond acceptors (Lipinski definition) is 4. The molecule has 1 aromatic heterocycles. The summed E-state index contributed by atoms with van der Waals surface area (Å²) >= 11 is 5.25. The molecule has 0 aromatic carbocycles. The Morgan fingerprint density at radius 3 is 3.19 bits per heavy atom. The van der Waals surface area contributed by atoms with Gasteiger partial charge in [0.1, 0.15) is 11.4 Å². The van der Waals surface area contributed by atoms with Gasteiger partial charge in [-0.25, -0.2) is 0 Å². The summed E-state index contributed by atoms with van der Waals surface area (Å²) in [5.41, 5.74) is 5.51. The molecule has 6 heteroatoms. The van der Waals surface area contributed by atoms with Gasteiger partial charge in [-0.2, -0.15) is 5.10 Å². The molecule has 1 aliphatic heterocycles. The molecule has 0 fully saturated rings. The van der Waals surface area contributed by atoms with Gasteiger partial charge in [0.25, 0.3) is 0 Å². The van der Waals surface area contributed by atoms with Crippen LogP contribution in [0.5, 0.6) is 5.75 Å². The van der Waals surface area contributed by atoms with Crippen LogP contribution in [0.1, 0.15) is 25.0 Å². The van der Waals surface area contributed by atoms with Crippen molar-refractivity contribution in [3.05, 3.63) is 47.9 Å². The Bertz CT molecular complexity index is 636. The molecule has 0 radical (unpaired) electrons. The van der Waals surface area contributed by atoms with Gasteiger partial charge in [0.2, 0.25) is 0 Å². The van der Waals surface area contributed by atoms with Gasteiger partial charge in [-0.1, -0.05) is 12.2 Å². The molecule has 21 heavy (non-hydrogen) atoms. The van der Waals surface area contributed by atoms with Gasteiger partial charge in [-0.05, 0) is 43.3 Å². The summed E-state index contributed by atoms with van der Waals surface area (Å²) in [7, 11) is 0. The molecule has 1 aromatic rings. The standard InChI is InChI=1S/C15H16N4OS/c21-15(17-11-5-2-1-3-6-11)19-18-12-8-10-20-13-7-4-9-16-14(12)13/h2,4-7,9H,1,3,8,10H2,(H2,17,19,21)/b18-12-. The second-order valence-corrected chi connectivity index (χ2v) is 5.12. The number of hydrazone groups is 1. The van der Waals surface area contributed by atoms with Crippen LogP contribution >= 0.6 is 12.2 Å². The number of rotatable bonds is 2. The molecule has 5 nitrogen and oxygen atoms in total. The summed E-state index contributed by atoms with van der Waals surface area (Å²) in [4.78, 5) is 4.31. The third-order valence-corrected chi connectivity index (χ3v) is 3.38. The van der Waals surface area contributed by atoms with Crippen LogP contribution in [0.4, 0.5) is 0 Å². The quantitative estimate of drug-likeness (QED) is 0.648. The minimum atomic E-state index is 0.476. The van der Waals surface area contributed by atoms with Crippen LogP contribution in [0.3, 0.4) is 0 Å². The number of fused-ring (bicyclic) bond motifs is 1. The van der Waals surface area contributed by atoms with Crippen LogP contribution in [0.25, 0.3) is 0 Å². The minimum absolute atomic E-state index is 0.476. The van der Waals surface area contributed by atoms with Crippen LogP contribution in [0, 0.1) is 0 Å². The van der Waals surface area contributed by atoms with E-state index in [0.717, 1.165) is 35.7 Å². The Hall–Kier alpha value is -2.21. The number of nitrogens with zero attached hydrogens (tertiary/aromatic N) is 2. The van der Waals surface area contributed by atoms with Crippen molar-refractivity contribution >= 4 is 23.0 Å². The highest BCUT2D eigenvalue weighted by atomic mass is 32.1. The van der Waals surface area contributed by atoms with E-state index >= 15 is 0 Å². The lowest BCUT2D eigenvalue weighted by Gasteiger charge is -2.18. The number of pyridine rings is 1. The SMILES string of the molecule is S=C(N/N=C1/CCOc2cccnc21)NC1=CCCC=C1. The number of hydrogen-bond donors (Lipinski definition) is 2. The first-order chi connectivity index (χ1) is 10.3. The molecule has 3 rings (SSSR count). The molecule has 0 atom stereocenters. The highest BCUT2D eigenvalue weighted by Crippen LogP contribution is 2.21. The van der Waals surface area contributed by atoms with Crippen LogP contribution < -0.4 is 15.5 Å². The third-order valence-electron chi connectivity index (χ3n) is 3.19. The fourth-order valence-corrected chi connectivity index (χ4v) is 2.36. The Balaban J connectivity index is 1.65. The molecule has 1 aliphatic carbocycles. The summed E-state index contributed by atoms with van der Waals surface area (Å²) < 4.78 is 5.54. The average molecular weight is 300 g/mol. The van der Waals surface area contributed by atoms with Gasteiger partial charge in [0, 0.05) is 18.3 Å². The molecule has 0 unspecified atom stereocenters. The van der Waals surface area contributed by atoms with E-state index in [1.165, 1.54) is 0 Å². The van der Waals surface area contributed by atoms with Crippen molar-refractivity contribution < 1.29 is 4.74 Å². The molecule has 0 spiro atoms. The number of aromatic nitrogens is 1. The summed E-state index contributed by atoms with van der Waals surface area (Å²) in [6.07, 6.45) is 10.8. The lowest BCUT2D eigenvalue weighted by Crippen LogP contribution is -2.32. The maximum Gasteiger partial charge on any atom is 0.191 e. The van der Waals surface area contributed by atoms with Gasteiger partial charge in [0.05, 0.1) is 12.3 Å². The Kier molecular flexibility index (Phi) is 4.25. The topological polar surface area (TPSA) is 58.5 Å². The summed E-state index contributed by atoms with van der Waals surface area (Å²) in [6, 6.07) is 3.74. The summed E-state index contributed by atoms with van der Waals surface area (Å²) in [5, 5.41) is 7.95. The Morgan fingerprint density at radius 2 is 2.33 bits per heavy atom. The van der Waals surface area contributed by atoms with Crippen molar-refractivity contribution in [2.45, 2.75) is 19.3 Å². The average Bonchev–Trinajstić information content (AvgIpc) is 2.54. The maximum absolute atomic E-state index is 5.54. The van der Waals surface area contributed by atoms with E-state index in [9.17, 15) is 0 Å². The van der Waals surface area contributed by atoms with E-state index in [1.54, 1.807) is 6.20 Å². The molecule has 2 N–H and O–H groups in total. The molecule has 0 bridgehead atoms. The lowest BCUT2D eigenvalue weighted by atomic mass is 10.1. The number of nitrogens with one attached hydrogen (secondary N) is 2. The van der Waals surface area contributed by atoms with E-state index in [1.807, 2.05) is 18.2 Å². The van der Waals surface area contributed by atoms with E-state index in [-0.39, 0.29) is 0 Å². The first-order valence-corrected chi connectivity index (χ1v) is 7.32. The van der Waals surface area contributed by atoms with Gasteiger partial charge in [-0.15, -0.1) is 0 Å².